The average molecular weight is 246 g/mol. The molecular weight excluding hydrogens is 230 g/mol. The van der Waals surface area contributed by atoms with Crippen LogP contribution in [0.5, 0.6) is 0 Å². The summed E-state index contributed by atoms with van der Waals surface area (Å²) >= 11 is 0. The van der Waals surface area contributed by atoms with Crippen LogP contribution in [0, 0.1) is 0 Å². The maximum Gasteiger partial charge on any atom is 0.273 e. The Hall–Kier alpha value is -1.07. The van der Waals surface area contributed by atoms with Gasteiger partial charge in [0.15, 0.2) is 5.69 Å². The van der Waals surface area contributed by atoms with E-state index in [1.807, 2.05) is 0 Å². The fourth-order valence-electron chi connectivity index (χ4n) is 1.78. The molecule has 16 heavy (non-hydrogen) atoms. The third-order valence-electron chi connectivity index (χ3n) is 2.61. The van der Waals surface area contributed by atoms with Crippen molar-refractivity contribution in [3.63, 3.8) is 0 Å². The Labute approximate surface area is 100 Å². The third kappa shape index (κ3) is 3.50. The number of hydrogen-bond acceptors (Lipinski definition) is 4. The molecule has 6 heteroatoms. The zero-order chi connectivity index (χ0) is 10.5. The van der Waals surface area contributed by atoms with Crippen LogP contribution in [-0.4, -0.2) is 30.2 Å². The molecule has 1 atom stereocenters. The molecule has 1 aliphatic heterocycles. The highest BCUT2D eigenvalue weighted by molar-refractivity contribution is 5.91. The highest BCUT2D eigenvalue weighted by Gasteiger charge is 2.14. The Morgan fingerprint density at radius 3 is 3.19 bits per heavy atom. The van der Waals surface area contributed by atoms with Gasteiger partial charge in [-0.05, 0) is 25.8 Å². The maximum absolute atomic E-state index is 11.4. The van der Waals surface area contributed by atoms with Gasteiger partial charge in [-0.1, -0.05) is 5.16 Å². The zero-order valence-electron chi connectivity index (χ0n) is 8.94. The lowest BCUT2D eigenvalue weighted by Gasteiger charge is -2.09. The molecule has 0 unspecified atom stereocenters. The lowest BCUT2D eigenvalue weighted by Crippen LogP contribution is -2.30. The number of carbonyl (C=O) groups is 1. The summed E-state index contributed by atoms with van der Waals surface area (Å²) in [7, 11) is 0. The molecule has 2 N–H and O–H groups in total. The maximum atomic E-state index is 11.4. The van der Waals surface area contributed by atoms with Crippen molar-refractivity contribution < 1.29 is 9.32 Å². The van der Waals surface area contributed by atoms with Crippen LogP contribution in [0.2, 0.25) is 0 Å². The van der Waals surface area contributed by atoms with Crippen molar-refractivity contribution in [1.29, 1.82) is 0 Å². The van der Waals surface area contributed by atoms with Gasteiger partial charge in [0, 0.05) is 18.7 Å². The lowest BCUT2D eigenvalue weighted by atomic mass is 10.1. The van der Waals surface area contributed by atoms with E-state index < -0.39 is 0 Å². The predicted octanol–water partition coefficient (Wildman–Crippen LogP) is 0.968. The molecule has 1 aromatic heterocycles. The smallest absolute Gasteiger partial charge is 0.273 e. The summed E-state index contributed by atoms with van der Waals surface area (Å²) in [4.78, 5) is 11.4. The van der Waals surface area contributed by atoms with Crippen molar-refractivity contribution in [2.24, 2.45) is 0 Å². The predicted molar refractivity (Wildman–Crippen MR) is 61.7 cm³/mol. The second-order valence-corrected chi connectivity index (χ2v) is 3.72. The first-order valence-corrected chi connectivity index (χ1v) is 5.28. The van der Waals surface area contributed by atoms with Gasteiger partial charge in [-0.2, -0.15) is 0 Å². The Kier molecular flexibility index (Phi) is 5.28. The molecule has 0 saturated carbocycles. The first-order chi connectivity index (χ1) is 7.36. The van der Waals surface area contributed by atoms with Crippen LogP contribution < -0.4 is 10.6 Å². The normalized spacial score (nSPS) is 19.1. The van der Waals surface area contributed by atoms with Gasteiger partial charge < -0.3 is 15.2 Å². The van der Waals surface area contributed by atoms with E-state index >= 15 is 0 Å². The summed E-state index contributed by atoms with van der Waals surface area (Å²) in [5, 5.41) is 9.75. The van der Waals surface area contributed by atoms with Gasteiger partial charge in [0.25, 0.3) is 5.91 Å². The van der Waals surface area contributed by atoms with E-state index in [0.29, 0.717) is 18.3 Å². The largest absolute Gasteiger partial charge is 0.364 e. The third-order valence-corrected chi connectivity index (χ3v) is 2.61. The second-order valence-electron chi connectivity index (χ2n) is 3.72. The Morgan fingerprint density at radius 2 is 2.56 bits per heavy atom. The van der Waals surface area contributed by atoms with Crippen LogP contribution in [0.15, 0.2) is 16.9 Å². The molecule has 2 heterocycles. The molecular formula is C10H16ClN3O2. The monoisotopic (exact) mass is 245 g/mol. The van der Waals surface area contributed by atoms with Crippen molar-refractivity contribution >= 4 is 18.3 Å². The van der Waals surface area contributed by atoms with E-state index in [9.17, 15) is 4.79 Å². The average Bonchev–Trinajstić information content (AvgIpc) is 2.90. The number of carbonyl (C=O) groups excluding carboxylic acids is 1. The van der Waals surface area contributed by atoms with E-state index in [0.717, 1.165) is 13.0 Å². The SMILES string of the molecule is Cl.O=C(NCC[C@H]1CCCN1)c1ccon1. The van der Waals surface area contributed by atoms with Crippen LogP contribution in [0.1, 0.15) is 29.8 Å². The second kappa shape index (κ2) is 6.50. The molecule has 5 nitrogen and oxygen atoms in total. The molecule has 0 aliphatic carbocycles. The molecule has 1 aliphatic rings. The minimum Gasteiger partial charge on any atom is -0.364 e. The molecule has 90 valence electrons. The van der Waals surface area contributed by atoms with Gasteiger partial charge >= 0.3 is 0 Å². The van der Waals surface area contributed by atoms with Crippen molar-refractivity contribution in [1.82, 2.24) is 15.8 Å². The van der Waals surface area contributed by atoms with E-state index in [-0.39, 0.29) is 18.3 Å². The highest BCUT2D eigenvalue weighted by atomic mass is 35.5. The van der Waals surface area contributed by atoms with Crippen molar-refractivity contribution in [2.45, 2.75) is 25.3 Å². The Bertz CT molecular complexity index is 310. The number of hydrogen-bond donors (Lipinski definition) is 2. The van der Waals surface area contributed by atoms with Crippen molar-refractivity contribution in [3.05, 3.63) is 18.0 Å². The molecule has 1 fully saturated rings. The fourth-order valence-corrected chi connectivity index (χ4v) is 1.78. The quantitative estimate of drug-likeness (QED) is 0.830. The van der Waals surface area contributed by atoms with Crippen LogP contribution in [0.25, 0.3) is 0 Å². The van der Waals surface area contributed by atoms with Gasteiger partial charge in [-0.15, -0.1) is 12.4 Å². The van der Waals surface area contributed by atoms with Crippen molar-refractivity contribution in [3.8, 4) is 0 Å². The van der Waals surface area contributed by atoms with E-state index in [2.05, 4.69) is 20.3 Å². The fraction of sp³-hybridized carbons (Fsp3) is 0.600. The Morgan fingerprint density at radius 1 is 1.69 bits per heavy atom. The van der Waals surface area contributed by atoms with Crippen LogP contribution >= 0.6 is 12.4 Å². The topological polar surface area (TPSA) is 67.2 Å². The Balaban J connectivity index is 0.00000128. The van der Waals surface area contributed by atoms with Gasteiger partial charge in [0.1, 0.15) is 6.26 Å². The molecule has 0 bridgehead atoms. The molecule has 1 aromatic rings. The molecule has 1 amide bonds. The molecule has 0 radical (unpaired) electrons. The summed E-state index contributed by atoms with van der Waals surface area (Å²) in [6, 6.07) is 2.12. The van der Waals surface area contributed by atoms with Gasteiger partial charge in [0.2, 0.25) is 0 Å². The number of nitrogens with one attached hydrogen (secondary N) is 2. The lowest BCUT2D eigenvalue weighted by molar-refractivity contribution is 0.0943. The highest BCUT2D eigenvalue weighted by Crippen LogP contribution is 2.07. The van der Waals surface area contributed by atoms with E-state index in [1.54, 1.807) is 6.07 Å². The minimum atomic E-state index is -0.165. The summed E-state index contributed by atoms with van der Waals surface area (Å²) in [6.07, 6.45) is 4.82. The van der Waals surface area contributed by atoms with Gasteiger partial charge in [0.05, 0.1) is 0 Å². The first-order valence-electron chi connectivity index (χ1n) is 5.28. The van der Waals surface area contributed by atoms with E-state index in [1.165, 1.54) is 19.1 Å². The molecule has 1 saturated heterocycles. The number of nitrogens with zero attached hydrogens (tertiary/aromatic N) is 1. The zero-order valence-corrected chi connectivity index (χ0v) is 9.76. The van der Waals surface area contributed by atoms with Crippen LogP contribution in [0.4, 0.5) is 0 Å². The van der Waals surface area contributed by atoms with Crippen LogP contribution in [-0.2, 0) is 0 Å². The summed E-state index contributed by atoms with van der Waals surface area (Å²) in [5.74, 6) is -0.165. The molecule has 0 aromatic carbocycles. The van der Waals surface area contributed by atoms with Crippen LogP contribution in [0.3, 0.4) is 0 Å². The number of halogens is 1. The first kappa shape index (κ1) is 13.0. The summed E-state index contributed by atoms with van der Waals surface area (Å²) < 4.78 is 4.59. The van der Waals surface area contributed by atoms with Crippen molar-refractivity contribution in [2.75, 3.05) is 13.1 Å². The number of aromatic nitrogens is 1. The van der Waals surface area contributed by atoms with Gasteiger partial charge in [-0.3, -0.25) is 4.79 Å². The molecule has 0 spiro atoms. The standard InChI is InChI=1S/C10H15N3O2.ClH/c14-10(9-4-7-15-13-9)12-6-3-8-2-1-5-11-8;/h4,7-8,11H,1-3,5-6H2,(H,12,14);1H/t8-;/m1./s1. The number of rotatable bonds is 4. The number of amides is 1. The van der Waals surface area contributed by atoms with Gasteiger partial charge in [-0.25, -0.2) is 0 Å². The minimum absolute atomic E-state index is 0. The molecule has 2 rings (SSSR count). The summed E-state index contributed by atoms with van der Waals surface area (Å²) in [5.41, 5.74) is 0.342. The summed E-state index contributed by atoms with van der Waals surface area (Å²) in [6.45, 7) is 1.78. The van der Waals surface area contributed by atoms with E-state index in [4.69, 9.17) is 0 Å².